The molecule has 0 radical (unpaired) electrons. The van der Waals surface area contributed by atoms with E-state index < -0.39 is 22.2 Å². The van der Waals surface area contributed by atoms with Crippen LogP contribution in [-0.4, -0.2) is 4.92 Å². The standard InChI is InChI=1S/C12H10F2N2O3/c1-7-2-3-8(19-7)6-15-11-5-12(16(17)18)10(14)4-9(11)13/h2-5,15H,6H2,1H3. The van der Waals surface area contributed by atoms with E-state index >= 15 is 0 Å². The number of aryl methyl sites for hydroxylation is 1. The number of halogens is 2. The molecule has 1 aromatic carbocycles. The lowest BCUT2D eigenvalue weighted by molar-refractivity contribution is -0.387. The molecular formula is C12H10F2N2O3. The Morgan fingerprint density at radius 2 is 2.05 bits per heavy atom. The molecule has 0 saturated heterocycles. The van der Waals surface area contributed by atoms with E-state index in [0.29, 0.717) is 17.6 Å². The number of furan rings is 1. The lowest BCUT2D eigenvalue weighted by atomic mass is 10.2. The van der Waals surface area contributed by atoms with Gasteiger partial charge in [-0.1, -0.05) is 0 Å². The van der Waals surface area contributed by atoms with E-state index in [9.17, 15) is 18.9 Å². The predicted octanol–water partition coefficient (Wildman–Crippen LogP) is 3.39. The summed E-state index contributed by atoms with van der Waals surface area (Å²) < 4.78 is 31.8. The van der Waals surface area contributed by atoms with Gasteiger partial charge in [0.15, 0.2) is 0 Å². The number of nitrogens with one attached hydrogen (secondary N) is 1. The molecule has 0 saturated carbocycles. The Morgan fingerprint density at radius 1 is 1.32 bits per heavy atom. The Balaban J connectivity index is 2.20. The number of hydrogen-bond acceptors (Lipinski definition) is 4. The first-order chi connectivity index (χ1) is 8.97. The summed E-state index contributed by atoms with van der Waals surface area (Å²) in [5.41, 5.74) is -0.929. The molecule has 0 unspecified atom stereocenters. The molecule has 100 valence electrons. The highest BCUT2D eigenvalue weighted by molar-refractivity contribution is 5.53. The zero-order valence-corrected chi connectivity index (χ0v) is 9.94. The maximum Gasteiger partial charge on any atom is 0.307 e. The highest BCUT2D eigenvalue weighted by Gasteiger charge is 2.18. The Hall–Kier alpha value is -2.44. The molecule has 0 aliphatic rings. The molecule has 2 aromatic rings. The van der Waals surface area contributed by atoms with Crippen LogP contribution in [0.25, 0.3) is 0 Å². The van der Waals surface area contributed by atoms with Crippen molar-refractivity contribution in [1.29, 1.82) is 0 Å². The summed E-state index contributed by atoms with van der Waals surface area (Å²) in [6.45, 7) is 1.90. The van der Waals surface area contributed by atoms with Crippen LogP contribution in [0.4, 0.5) is 20.2 Å². The molecule has 1 aromatic heterocycles. The van der Waals surface area contributed by atoms with E-state index in [4.69, 9.17) is 4.42 Å². The van der Waals surface area contributed by atoms with Gasteiger partial charge in [0.2, 0.25) is 5.82 Å². The van der Waals surface area contributed by atoms with Crippen molar-refractivity contribution < 1.29 is 18.1 Å². The first-order valence-corrected chi connectivity index (χ1v) is 5.40. The molecule has 0 fully saturated rings. The van der Waals surface area contributed by atoms with Gasteiger partial charge in [-0.2, -0.15) is 4.39 Å². The minimum Gasteiger partial charge on any atom is -0.465 e. The molecule has 1 heterocycles. The van der Waals surface area contributed by atoms with E-state index in [1.807, 2.05) is 0 Å². The maximum atomic E-state index is 13.4. The largest absolute Gasteiger partial charge is 0.465 e. The third-order valence-electron chi connectivity index (χ3n) is 2.48. The normalized spacial score (nSPS) is 10.5. The fourth-order valence-corrected chi connectivity index (χ4v) is 1.58. The number of nitro benzene ring substituents is 1. The van der Waals surface area contributed by atoms with Crippen LogP contribution in [0.2, 0.25) is 0 Å². The smallest absolute Gasteiger partial charge is 0.307 e. The third kappa shape index (κ3) is 2.87. The van der Waals surface area contributed by atoms with Crippen LogP contribution in [0.5, 0.6) is 0 Å². The van der Waals surface area contributed by atoms with Gasteiger partial charge in [0.05, 0.1) is 17.2 Å². The second kappa shape index (κ2) is 5.05. The molecule has 0 spiro atoms. The van der Waals surface area contributed by atoms with Crippen molar-refractivity contribution in [3.63, 3.8) is 0 Å². The van der Waals surface area contributed by atoms with Gasteiger partial charge in [0, 0.05) is 12.1 Å². The van der Waals surface area contributed by atoms with Gasteiger partial charge in [-0.15, -0.1) is 0 Å². The van der Waals surface area contributed by atoms with E-state index in [1.165, 1.54) is 0 Å². The van der Waals surface area contributed by atoms with Gasteiger partial charge in [-0.25, -0.2) is 4.39 Å². The molecule has 0 aliphatic carbocycles. The fraction of sp³-hybridized carbons (Fsp3) is 0.167. The SMILES string of the molecule is Cc1ccc(CNc2cc([N+](=O)[O-])c(F)cc2F)o1. The second-order valence-electron chi connectivity index (χ2n) is 3.91. The Kier molecular flexibility index (Phi) is 3.46. The van der Waals surface area contributed by atoms with Crippen molar-refractivity contribution in [3.05, 3.63) is 57.5 Å². The number of benzene rings is 1. The van der Waals surface area contributed by atoms with Crippen molar-refractivity contribution in [2.24, 2.45) is 0 Å². The molecule has 1 N–H and O–H groups in total. The van der Waals surface area contributed by atoms with Gasteiger partial charge in [-0.3, -0.25) is 10.1 Å². The zero-order chi connectivity index (χ0) is 14.0. The molecule has 0 atom stereocenters. The van der Waals surface area contributed by atoms with E-state index in [1.54, 1.807) is 19.1 Å². The summed E-state index contributed by atoms with van der Waals surface area (Å²) in [4.78, 5) is 9.65. The van der Waals surface area contributed by atoms with Gasteiger partial charge in [-0.05, 0) is 19.1 Å². The minimum atomic E-state index is -1.21. The summed E-state index contributed by atoms with van der Waals surface area (Å²) in [6.07, 6.45) is 0. The van der Waals surface area contributed by atoms with E-state index in [-0.39, 0.29) is 12.2 Å². The number of anilines is 1. The molecular weight excluding hydrogens is 258 g/mol. The summed E-state index contributed by atoms with van der Waals surface area (Å²) in [6, 6.07) is 4.73. The Labute approximate surface area is 107 Å². The van der Waals surface area contributed by atoms with Crippen molar-refractivity contribution in [1.82, 2.24) is 0 Å². The molecule has 5 nitrogen and oxygen atoms in total. The minimum absolute atomic E-state index is 0.146. The Morgan fingerprint density at radius 3 is 2.63 bits per heavy atom. The summed E-state index contributed by atoms with van der Waals surface area (Å²) in [7, 11) is 0. The number of rotatable bonds is 4. The maximum absolute atomic E-state index is 13.4. The van der Waals surface area contributed by atoms with Crippen LogP contribution in [0, 0.1) is 28.7 Å². The molecule has 7 heteroatoms. The van der Waals surface area contributed by atoms with Gasteiger partial charge in [0.25, 0.3) is 0 Å². The first-order valence-electron chi connectivity index (χ1n) is 5.40. The Bertz CT molecular complexity index is 625. The second-order valence-corrected chi connectivity index (χ2v) is 3.91. The number of nitro groups is 1. The number of hydrogen-bond donors (Lipinski definition) is 1. The number of nitrogens with zero attached hydrogens (tertiary/aromatic N) is 1. The molecule has 0 aliphatic heterocycles. The van der Waals surface area contributed by atoms with Crippen molar-refractivity contribution in [2.75, 3.05) is 5.32 Å². The monoisotopic (exact) mass is 268 g/mol. The molecule has 2 rings (SSSR count). The molecule has 0 amide bonds. The van der Waals surface area contributed by atoms with Gasteiger partial charge in [0.1, 0.15) is 17.3 Å². The quantitative estimate of drug-likeness (QED) is 0.681. The van der Waals surface area contributed by atoms with E-state index in [2.05, 4.69) is 5.32 Å². The van der Waals surface area contributed by atoms with Crippen LogP contribution < -0.4 is 5.32 Å². The topological polar surface area (TPSA) is 68.3 Å². The lowest BCUT2D eigenvalue weighted by Gasteiger charge is -2.06. The van der Waals surface area contributed by atoms with Crippen LogP contribution in [-0.2, 0) is 6.54 Å². The van der Waals surface area contributed by atoms with Crippen molar-refractivity contribution in [3.8, 4) is 0 Å². The van der Waals surface area contributed by atoms with E-state index in [0.717, 1.165) is 6.07 Å². The fourth-order valence-electron chi connectivity index (χ4n) is 1.58. The van der Waals surface area contributed by atoms with Crippen LogP contribution in [0.1, 0.15) is 11.5 Å². The average molecular weight is 268 g/mol. The van der Waals surface area contributed by atoms with Gasteiger partial charge >= 0.3 is 5.69 Å². The van der Waals surface area contributed by atoms with Crippen LogP contribution in [0.15, 0.2) is 28.7 Å². The van der Waals surface area contributed by atoms with Gasteiger partial charge < -0.3 is 9.73 Å². The highest BCUT2D eigenvalue weighted by atomic mass is 19.1. The summed E-state index contributed by atoms with van der Waals surface area (Å²) in [5, 5.41) is 13.2. The van der Waals surface area contributed by atoms with Crippen molar-refractivity contribution in [2.45, 2.75) is 13.5 Å². The lowest BCUT2D eigenvalue weighted by Crippen LogP contribution is -2.03. The third-order valence-corrected chi connectivity index (χ3v) is 2.48. The first kappa shape index (κ1) is 13.0. The summed E-state index contributed by atoms with van der Waals surface area (Å²) in [5.74, 6) is -0.862. The highest BCUT2D eigenvalue weighted by Crippen LogP contribution is 2.25. The predicted molar refractivity (Wildman–Crippen MR) is 63.8 cm³/mol. The average Bonchev–Trinajstić information content (AvgIpc) is 2.73. The zero-order valence-electron chi connectivity index (χ0n) is 9.94. The van der Waals surface area contributed by atoms with Crippen LogP contribution >= 0.6 is 0 Å². The molecule has 19 heavy (non-hydrogen) atoms. The summed E-state index contributed by atoms with van der Waals surface area (Å²) >= 11 is 0. The molecule has 0 bridgehead atoms. The van der Waals surface area contributed by atoms with Crippen molar-refractivity contribution >= 4 is 11.4 Å². The van der Waals surface area contributed by atoms with Crippen LogP contribution in [0.3, 0.4) is 0 Å².